The number of hydrogen-bond acceptors (Lipinski definition) is 6. The van der Waals surface area contributed by atoms with Crippen LogP contribution in [0.1, 0.15) is 15.9 Å². The van der Waals surface area contributed by atoms with Crippen LogP contribution in [0.2, 0.25) is 0 Å². The summed E-state index contributed by atoms with van der Waals surface area (Å²) < 4.78 is 15.6. The lowest BCUT2D eigenvalue weighted by molar-refractivity contribution is -0.119. The summed E-state index contributed by atoms with van der Waals surface area (Å²) in [6.45, 7) is 2.00. The van der Waals surface area contributed by atoms with E-state index in [1.54, 1.807) is 6.07 Å². The van der Waals surface area contributed by atoms with Crippen molar-refractivity contribution in [1.82, 2.24) is 10.9 Å². The molecule has 2 N–H and O–H groups in total. The van der Waals surface area contributed by atoms with Crippen molar-refractivity contribution in [3.8, 4) is 17.2 Å². The molecule has 2 amide bonds. The third-order valence-electron chi connectivity index (χ3n) is 3.66. The molecule has 0 spiro atoms. The van der Waals surface area contributed by atoms with Crippen LogP contribution in [0.4, 0.5) is 0 Å². The number of thioether (sulfide) groups is 1. The van der Waals surface area contributed by atoms with Crippen molar-refractivity contribution in [3.63, 3.8) is 0 Å². The van der Waals surface area contributed by atoms with Gasteiger partial charge in [-0.1, -0.05) is 17.7 Å². The predicted octanol–water partition coefficient (Wildman–Crippen LogP) is 2.57. The maximum Gasteiger partial charge on any atom is 0.273 e. The quantitative estimate of drug-likeness (QED) is 0.558. The van der Waals surface area contributed by atoms with Crippen molar-refractivity contribution in [2.24, 2.45) is 0 Å². The van der Waals surface area contributed by atoms with Gasteiger partial charge >= 0.3 is 0 Å². The Labute approximate surface area is 162 Å². The number of carbonyl (C=O) groups excluding carboxylic acids is 2. The monoisotopic (exact) mass is 390 g/mol. The van der Waals surface area contributed by atoms with Crippen LogP contribution in [0, 0.1) is 6.92 Å². The van der Waals surface area contributed by atoms with Crippen molar-refractivity contribution in [3.05, 3.63) is 47.5 Å². The molecule has 27 heavy (non-hydrogen) atoms. The predicted molar refractivity (Wildman–Crippen MR) is 104 cm³/mol. The summed E-state index contributed by atoms with van der Waals surface area (Å²) in [5, 5.41) is 0. The van der Waals surface area contributed by atoms with Gasteiger partial charge < -0.3 is 14.2 Å². The fraction of sp³-hybridized carbons (Fsp3) is 0.263. The molecule has 0 fully saturated rings. The molecular weight excluding hydrogens is 368 g/mol. The summed E-state index contributed by atoms with van der Waals surface area (Å²) in [5.41, 5.74) is 6.14. The molecular formula is C19H22N2O5S. The fourth-order valence-corrected chi connectivity index (χ4v) is 2.92. The molecule has 0 aromatic heterocycles. The molecule has 0 aliphatic heterocycles. The standard InChI is InChI=1S/C19H22N2O5S/c1-12-5-7-13(8-6-12)27-11-18(22)20-21-19(23)14-9-16(25-3)17(26-4)10-15(14)24-2/h5-10H,11H2,1-4H3,(H,20,22)(H,21,23). The summed E-state index contributed by atoms with van der Waals surface area (Å²) in [6, 6.07) is 10.9. The van der Waals surface area contributed by atoms with Crippen LogP contribution >= 0.6 is 11.8 Å². The van der Waals surface area contributed by atoms with Crippen LogP contribution < -0.4 is 25.1 Å². The van der Waals surface area contributed by atoms with E-state index in [9.17, 15) is 9.59 Å². The molecule has 0 unspecified atom stereocenters. The molecule has 0 aliphatic carbocycles. The van der Waals surface area contributed by atoms with Gasteiger partial charge in [-0.15, -0.1) is 11.8 Å². The molecule has 0 radical (unpaired) electrons. The lowest BCUT2D eigenvalue weighted by atomic mass is 10.1. The molecule has 8 heteroatoms. The number of rotatable bonds is 7. The molecule has 144 valence electrons. The molecule has 0 heterocycles. The van der Waals surface area contributed by atoms with Crippen molar-refractivity contribution < 1.29 is 23.8 Å². The molecule has 2 aromatic rings. The minimum absolute atomic E-state index is 0.173. The highest BCUT2D eigenvalue weighted by atomic mass is 32.2. The van der Waals surface area contributed by atoms with E-state index in [-0.39, 0.29) is 17.2 Å². The van der Waals surface area contributed by atoms with Crippen LogP contribution in [-0.2, 0) is 4.79 Å². The summed E-state index contributed by atoms with van der Waals surface area (Å²) in [5.74, 6) is 0.435. The molecule has 0 saturated carbocycles. The third kappa shape index (κ3) is 5.55. The first-order chi connectivity index (χ1) is 13.0. The Bertz CT molecular complexity index is 808. The number of benzene rings is 2. The number of nitrogens with one attached hydrogen (secondary N) is 2. The summed E-state index contributed by atoms with van der Waals surface area (Å²) in [4.78, 5) is 25.3. The topological polar surface area (TPSA) is 85.9 Å². The first kappa shape index (κ1) is 20.4. The van der Waals surface area contributed by atoms with E-state index in [1.165, 1.54) is 39.2 Å². The van der Waals surface area contributed by atoms with E-state index in [1.807, 2.05) is 31.2 Å². The van der Waals surface area contributed by atoms with Gasteiger partial charge in [0.1, 0.15) is 5.75 Å². The summed E-state index contributed by atoms with van der Waals surface area (Å²) >= 11 is 1.38. The minimum Gasteiger partial charge on any atom is -0.496 e. The zero-order valence-corrected chi connectivity index (χ0v) is 16.4. The van der Waals surface area contributed by atoms with Crippen LogP contribution in [0.3, 0.4) is 0 Å². The normalized spacial score (nSPS) is 10.1. The van der Waals surface area contributed by atoms with E-state index in [0.29, 0.717) is 17.2 Å². The number of amides is 2. The average Bonchev–Trinajstić information content (AvgIpc) is 2.70. The van der Waals surface area contributed by atoms with Crippen molar-refractivity contribution in [1.29, 1.82) is 0 Å². The van der Waals surface area contributed by atoms with E-state index in [0.717, 1.165) is 10.5 Å². The van der Waals surface area contributed by atoms with Gasteiger partial charge in [0, 0.05) is 17.0 Å². The second kappa shape index (κ2) is 9.72. The lowest BCUT2D eigenvalue weighted by Gasteiger charge is -2.14. The highest BCUT2D eigenvalue weighted by Gasteiger charge is 2.18. The first-order valence-corrected chi connectivity index (χ1v) is 9.05. The zero-order valence-electron chi connectivity index (χ0n) is 15.6. The molecule has 0 atom stereocenters. The minimum atomic E-state index is -0.526. The van der Waals surface area contributed by atoms with Gasteiger partial charge in [-0.2, -0.15) is 0 Å². The summed E-state index contributed by atoms with van der Waals surface area (Å²) in [6.07, 6.45) is 0. The SMILES string of the molecule is COc1cc(OC)c(C(=O)NNC(=O)CSc2ccc(C)cc2)cc1OC. The van der Waals surface area contributed by atoms with Crippen LogP contribution in [0.15, 0.2) is 41.3 Å². The second-order valence-corrected chi connectivity index (χ2v) is 6.56. The van der Waals surface area contributed by atoms with Gasteiger partial charge in [0.15, 0.2) is 11.5 Å². The van der Waals surface area contributed by atoms with Crippen molar-refractivity contribution >= 4 is 23.6 Å². The molecule has 2 aromatic carbocycles. The van der Waals surface area contributed by atoms with E-state index < -0.39 is 5.91 Å². The van der Waals surface area contributed by atoms with E-state index in [2.05, 4.69) is 10.9 Å². The van der Waals surface area contributed by atoms with Crippen LogP contribution in [0.5, 0.6) is 17.2 Å². The Balaban J connectivity index is 1.96. The molecule has 7 nitrogen and oxygen atoms in total. The van der Waals surface area contributed by atoms with Gasteiger partial charge in [-0.3, -0.25) is 20.4 Å². The number of methoxy groups -OCH3 is 3. The Hall–Kier alpha value is -2.87. The molecule has 2 rings (SSSR count). The maximum absolute atomic E-state index is 12.4. The van der Waals surface area contributed by atoms with Crippen molar-refractivity contribution in [2.75, 3.05) is 27.1 Å². The third-order valence-corrected chi connectivity index (χ3v) is 4.67. The van der Waals surface area contributed by atoms with Gasteiger partial charge in [0.05, 0.1) is 32.6 Å². The number of carbonyl (C=O) groups is 2. The van der Waals surface area contributed by atoms with Gasteiger partial charge in [0.25, 0.3) is 5.91 Å². The largest absolute Gasteiger partial charge is 0.496 e. The molecule has 0 saturated heterocycles. The Kier molecular flexibility index (Phi) is 7.36. The average molecular weight is 390 g/mol. The van der Waals surface area contributed by atoms with Crippen LogP contribution in [0.25, 0.3) is 0 Å². The van der Waals surface area contributed by atoms with Gasteiger partial charge in [-0.05, 0) is 19.1 Å². The molecule has 0 bridgehead atoms. The number of hydrogen-bond donors (Lipinski definition) is 2. The van der Waals surface area contributed by atoms with E-state index in [4.69, 9.17) is 14.2 Å². The second-order valence-electron chi connectivity index (χ2n) is 5.51. The number of hydrazine groups is 1. The van der Waals surface area contributed by atoms with E-state index >= 15 is 0 Å². The first-order valence-electron chi connectivity index (χ1n) is 8.07. The Morgan fingerprint density at radius 3 is 2.07 bits per heavy atom. The highest BCUT2D eigenvalue weighted by molar-refractivity contribution is 8.00. The highest BCUT2D eigenvalue weighted by Crippen LogP contribution is 2.34. The zero-order chi connectivity index (χ0) is 19.8. The lowest BCUT2D eigenvalue weighted by Crippen LogP contribution is -2.42. The molecule has 0 aliphatic rings. The van der Waals surface area contributed by atoms with Crippen LogP contribution in [-0.4, -0.2) is 38.9 Å². The Morgan fingerprint density at radius 1 is 0.889 bits per heavy atom. The van der Waals surface area contributed by atoms with Gasteiger partial charge in [-0.25, -0.2) is 0 Å². The van der Waals surface area contributed by atoms with Crippen molar-refractivity contribution in [2.45, 2.75) is 11.8 Å². The maximum atomic E-state index is 12.4. The fourth-order valence-electron chi connectivity index (χ4n) is 2.22. The summed E-state index contributed by atoms with van der Waals surface area (Å²) in [7, 11) is 4.40. The number of aryl methyl sites for hydroxylation is 1. The smallest absolute Gasteiger partial charge is 0.273 e. The Morgan fingerprint density at radius 2 is 1.48 bits per heavy atom. The van der Waals surface area contributed by atoms with Gasteiger partial charge in [0.2, 0.25) is 5.91 Å². The number of ether oxygens (including phenoxy) is 3.